The SMILES string of the molecule is C=C(C)C(NC(/C=C(\C)c1ccc(CCCCc2ccc(-c3ccc(N)cc3)cc2)cc1)c1ccccc1)c1ccccc1.Cc1ccccc1.c1ccc(-c2ccccc2)cc1.c1ccc(-c2ccccc2)cc1. The van der Waals surface area contributed by atoms with Crippen LogP contribution in [0.5, 0.6) is 0 Å². The molecule has 10 aromatic rings. The molecule has 374 valence electrons. The zero-order chi connectivity index (χ0) is 52.3. The van der Waals surface area contributed by atoms with E-state index in [1.807, 2.05) is 54.6 Å². The Hall–Kier alpha value is -8.56. The third kappa shape index (κ3) is 18.2. The van der Waals surface area contributed by atoms with Crippen molar-refractivity contribution in [3.8, 4) is 33.4 Å². The standard InChI is InChI=1S/C42H44N2.2C12H10.C7H8/c1-31(2)42(39-16-8-5-9-17-39)44-41(38-14-6-4-7-15-38)30-32(3)35-22-18-33(19-23-35)12-10-11-13-34-20-24-36(25-21-34)37-26-28-40(43)29-27-37;2*1-3-7-11(8-4-1)12-9-5-2-6-10-12;1-7-5-3-2-4-6-7/h4-9,14-30,41-42,44H,1,10-13,43H2,2-3H3;2*1-10H;2-6H,1H3/b32-30+;;;. The number of rotatable bonds is 15. The molecule has 2 unspecified atom stereocenters. The van der Waals surface area contributed by atoms with Gasteiger partial charge in [-0.1, -0.05) is 297 Å². The minimum atomic E-state index is 0.0540. The molecular formula is C73H72N2. The number of nitrogen functional groups attached to an aromatic ring is 1. The smallest absolute Gasteiger partial charge is 0.0537 e. The van der Waals surface area contributed by atoms with Crippen molar-refractivity contribution in [2.45, 2.75) is 58.5 Å². The first-order chi connectivity index (χ1) is 36.8. The summed E-state index contributed by atoms with van der Waals surface area (Å²) >= 11 is 0. The van der Waals surface area contributed by atoms with E-state index < -0.39 is 0 Å². The van der Waals surface area contributed by atoms with Gasteiger partial charge in [0.1, 0.15) is 0 Å². The van der Waals surface area contributed by atoms with E-state index in [0.717, 1.165) is 24.1 Å². The van der Waals surface area contributed by atoms with Crippen LogP contribution in [0.1, 0.15) is 72.2 Å². The predicted octanol–water partition coefficient (Wildman–Crippen LogP) is 19.3. The zero-order valence-electron chi connectivity index (χ0n) is 44.0. The van der Waals surface area contributed by atoms with E-state index in [-0.39, 0.29) is 12.1 Å². The molecule has 0 aromatic heterocycles. The molecule has 0 spiro atoms. The summed E-state index contributed by atoms with van der Waals surface area (Å²) < 4.78 is 0. The maximum atomic E-state index is 5.83. The lowest BCUT2D eigenvalue weighted by molar-refractivity contribution is 0.546. The summed E-state index contributed by atoms with van der Waals surface area (Å²) in [5.41, 5.74) is 24.4. The monoisotopic (exact) mass is 977 g/mol. The maximum Gasteiger partial charge on any atom is 0.0537 e. The summed E-state index contributed by atoms with van der Waals surface area (Å²) in [4.78, 5) is 0. The van der Waals surface area contributed by atoms with E-state index in [1.165, 1.54) is 85.2 Å². The maximum absolute atomic E-state index is 5.83. The highest BCUT2D eigenvalue weighted by Crippen LogP contribution is 2.29. The Morgan fingerprint density at radius 1 is 0.400 bits per heavy atom. The van der Waals surface area contributed by atoms with Crippen LogP contribution in [0.25, 0.3) is 39.0 Å². The van der Waals surface area contributed by atoms with Gasteiger partial charge in [-0.05, 0) is 125 Å². The van der Waals surface area contributed by atoms with Crippen LogP contribution < -0.4 is 11.1 Å². The van der Waals surface area contributed by atoms with Gasteiger partial charge in [0.25, 0.3) is 0 Å². The Bertz CT molecular complexity index is 3000. The Kier molecular flexibility index (Phi) is 21.6. The third-order valence-corrected chi connectivity index (χ3v) is 13.0. The molecule has 10 rings (SSSR count). The molecule has 2 nitrogen and oxygen atoms in total. The fourth-order valence-electron chi connectivity index (χ4n) is 8.78. The molecule has 0 heterocycles. The molecule has 3 N–H and O–H groups in total. The highest BCUT2D eigenvalue weighted by Gasteiger charge is 2.18. The van der Waals surface area contributed by atoms with Crippen LogP contribution in [-0.4, -0.2) is 0 Å². The molecule has 0 amide bonds. The van der Waals surface area contributed by atoms with Crippen molar-refractivity contribution in [2.24, 2.45) is 0 Å². The van der Waals surface area contributed by atoms with E-state index >= 15 is 0 Å². The van der Waals surface area contributed by atoms with Gasteiger partial charge in [0.2, 0.25) is 0 Å². The summed E-state index contributed by atoms with van der Waals surface area (Å²) in [6.45, 7) is 10.7. The summed E-state index contributed by atoms with van der Waals surface area (Å²) in [6, 6.07) is 99.3. The van der Waals surface area contributed by atoms with E-state index in [0.29, 0.717) is 0 Å². The summed E-state index contributed by atoms with van der Waals surface area (Å²) in [5, 5.41) is 3.88. The average molecular weight is 977 g/mol. The van der Waals surface area contributed by atoms with Crippen LogP contribution in [-0.2, 0) is 12.8 Å². The van der Waals surface area contributed by atoms with E-state index in [4.69, 9.17) is 5.73 Å². The average Bonchev–Trinajstić information content (AvgIpc) is 3.48. The summed E-state index contributed by atoms with van der Waals surface area (Å²) in [7, 11) is 0. The van der Waals surface area contributed by atoms with Gasteiger partial charge in [-0.3, -0.25) is 5.32 Å². The molecule has 0 fully saturated rings. The lowest BCUT2D eigenvalue weighted by atomic mass is 9.95. The molecule has 2 atom stereocenters. The summed E-state index contributed by atoms with van der Waals surface area (Å²) in [5.74, 6) is 0. The molecule has 0 aliphatic rings. The second-order valence-corrected chi connectivity index (χ2v) is 18.9. The van der Waals surface area contributed by atoms with Gasteiger partial charge in [0.15, 0.2) is 0 Å². The third-order valence-electron chi connectivity index (χ3n) is 13.0. The fourth-order valence-corrected chi connectivity index (χ4v) is 8.78. The number of hydrogen-bond donors (Lipinski definition) is 2. The Balaban J connectivity index is 0.000000209. The molecule has 2 heteroatoms. The quantitative estimate of drug-likeness (QED) is 0.0610. The van der Waals surface area contributed by atoms with Crippen molar-refractivity contribution in [2.75, 3.05) is 5.73 Å². The predicted molar refractivity (Wildman–Crippen MR) is 324 cm³/mol. The molecule has 0 bridgehead atoms. The van der Waals surface area contributed by atoms with Gasteiger partial charge in [-0.25, -0.2) is 0 Å². The highest BCUT2D eigenvalue weighted by molar-refractivity contribution is 5.67. The molecular weight excluding hydrogens is 905 g/mol. The second-order valence-electron chi connectivity index (χ2n) is 18.9. The molecule has 0 aliphatic heterocycles. The van der Waals surface area contributed by atoms with Crippen molar-refractivity contribution >= 4 is 11.3 Å². The normalized spacial score (nSPS) is 11.5. The van der Waals surface area contributed by atoms with Crippen LogP contribution in [0, 0.1) is 6.92 Å². The van der Waals surface area contributed by atoms with Crippen molar-refractivity contribution in [3.05, 3.63) is 337 Å². The minimum absolute atomic E-state index is 0.0540. The van der Waals surface area contributed by atoms with Crippen molar-refractivity contribution in [3.63, 3.8) is 0 Å². The number of nitrogens with two attached hydrogens (primary N) is 1. The number of anilines is 1. The Labute approximate surface area is 448 Å². The summed E-state index contributed by atoms with van der Waals surface area (Å²) in [6.07, 6.45) is 6.90. The molecule has 0 saturated carbocycles. The number of nitrogens with one attached hydrogen (secondary N) is 1. The number of benzene rings is 10. The van der Waals surface area contributed by atoms with Crippen LogP contribution in [0.15, 0.2) is 303 Å². The largest absolute Gasteiger partial charge is 0.399 e. The Morgan fingerprint density at radius 3 is 1.08 bits per heavy atom. The molecule has 75 heavy (non-hydrogen) atoms. The molecule has 0 aliphatic carbocycles. The Morgan fingerprint density at radius 2 is 0.720 bits per heavy atom. The van der Waals surface area contributed by atoms with Gasteiger partial charge in [-0.2, -0.15) is 0 Å². The first-order valence-electron chi connectivity index (χ1n) is 26.3. The van der Waals surface area contributed by atoms with Gasteiger partial charge >= 0.3 is 0 Å². The highest BCUT2D eigenvalue weighted by atomic mass is 14.9. The van der Waals surface area contributed by atoms with Crippen LogP contribution in [0.3, 0.4) is 0 Å². The van der Waals surface area contributed by atoms with E-state index in [9.17, 15) is 0 Å². The van der Waals surface area contributed by atoms with Gasteiger partial charge < -0.3 is 5.73 Å². The number of hydrogen-bond acceptors (Lipinski definition) is 2. The van der Waals surface area contributed by atoms with E-state index in [1.54, 1.807) is 0 Å². The van der Waals surface area contributed by atoms with E-state index in [2.05, 4.69) is 269 Å². The lowest BCUT2D eigenvalue weighted by Gasteiger charge is -2.26. The van der Waals surface area contributed by atoms with Crippen molar-refractivity contribution in [1.29, 1.82) is 0 Å². The van der Waals surface area contributed by atoms with Crippen molar-refractivity contribution in [1.82, 2.24) is 5.32 Å². The molecule has 0 radical (unpaired) electrons. The first kappa shape index (κ1) is 54.2. The fraction of sp³-hybridized carbons (Fsp3) is 0.123. The topological polar surface area (TPSA) is 38.0 Å². The minimum Gasteiger partial charge on any atom is -0.399 e. The molecule has 10 aromatic carbocycles. The van der Waals surface area contributed by atoms with Crippen LogP contribution >= 0.6 is 0 Å². The lowest BCUT2D eigenvalue weighted by Crippen LogP contribution is -2.26. The number of allylic oxidation sites excluding steroid dienone is 1. The second kappa shape index (κ2) is 29.8. The van der Waals surface area contributed by atoms with Gasteiger partial charge in [-0.15, -0.1) is 0 Å². The van der Waals surface area contributed by atoms with Gasteiger partial charge in [0.05, 0.1) is 12.1 Å². The van der Waals surface area contributed by atoms with Crippen LogP contribution in [0.4, 0.5) is 5.69 Å². The first-order valence-corrected chi connectivity index (χ1v) is 26.3. The number of unbranched alkanes of at least 4 members (excludes halogenated alkanes) is 1. The van der Waals surface area contributed by atoms with Crippen LogP contribution in [0.2, 0.25) is 0 Å². The van der Waals surface area contributed by atoms with Crippen molar-refractivity contribution < 1.29 is 0 Å². The number of aryl methyl sites for hydroxylation is 3. The molecule has 0 saturated heterocycles. The zero-order valence-corrected chi connectivity index (χ0v) is 44.0. The van der Waals surface area contributed by atoms with Gasteiger partial charge in [0, 0.05) is 5.69 Å².